The van der Waals surface area contributed by atoms with E-state index in [1.54, 1.807) is 12.1 Å². The Morgan fingerprint density at radius 2 is 2.03 bits per heavy atom. The van der Waals surface area contributed by atoms with E-state index in [0.29, 0.717) is 28.3 Å². The lowest BCUT2D eigenvalue weighted by Gasteiger charge is -2.11. The quantitative estimate of drug-likeness (QED) is 0.331. The van der Waals surface area contributed by atoms with Crippen LogP contribution in [0.15, 0.2) is 60.3 Å². The van der Waals surface area contributed by atoms with Gasteiger partial charge in [0.05, 0.1) is 10.8 Å². The zero-order valence-corrected chi connectivity index (χ0v) is 19.2. The van der Waals surface area contributed by atoms with Crippen LogP contribution in [0, 0.1) is 6.92 Å². The number of benzene rings is 2. The molecule has 2 aromatic carbocycles. The molecule has 162 valence electrons. The predicted octanol–water partition coefficient (Wildman–Crippen LogP) is 5.30. The second-order valence-corrected chi connectivity index (χ2v) is 8.26. The molecule has 0 aliphatic carbocycles. The Balaban J connectivity index is 1.61. The van der Waals surface area contributed by atoms with Crippen LogP contribution in [0.4, 0.5) is 5.69 Å². The van der Waals surface area contributed by atoms with Crippen molar-refractivity contribution in [3.8, 4) is 5.75 Å². The summed E-state index contributed by atoms with van der Waals surface area (Å²) in [5.74, 6) is 1.34. The van der Waals surface area contributed by atoms with Crippen molar-refractivity contribution in [2.45, 2.75) is 38.6 Å². The van der Waals surface area contributed by atoms with E-state index in [1.165, 1.54) is 17.3 Å². The molecule has 31 heavy (non-hydrogen) atoms. The molecule has 0 saturated carbocycles. The van der Waals surface area contributed by atoms with Crippen LogP contribution in [-0.2, 0) is 24.4 Å². The second kappa shape index (κ2) is 11.0. The molecule has 0 atom stereocenters. The zero-order valence-electron chi connectivity index (χ0n) is 17.6. The van der Waals surface area contributed by atoms with Gasteiger partial charge >= 0.3 is 0 Å². The smallest absolute Gasteiger partial charge is 0.234 e. The number of nitrogens with zero attached hydrogens (tertiary/aromatic N) is 3. The molecule has 0 aliphatic rings. The molecule has 0 aliphatic heterocycles. The lowest BCUT2D eigenvalue weighted by molar-refractivity contribution is -0.113. The molecule has 0 unspecified atom stereocenters. The molecule has 3 aromatic rings. The molecule has 0 fully saturated rings. The average molecular weight is 457 g/mol. The number of thioether (sulfide) groups is 1. The molecule has 0 radical (unpaired) electrons. The summed E-state index contributed by atoms with van der Waals surface area (Å²) in [6, 6.07) is 13.4. The highest BCUT2D eigenvalue weighted by Crippen LogP contribution is 2.26. The number of rotatable bonds is 10. The third-order valence-electron chi connectivity index (χ3n) is 4.53. The lowest BCUT2D eigenvalue weighted by Crippen LogP contribution is -2.15. The molecule has 0 saturated heterocycles. The van der Waals surface area contributed by atoms with Crippen molar-refractivity contribution in [1.29, 1.82) is 0 Å². The Labute approximate surface area is 191 Å². The van der Waals surface area contributed by atoms with Crippen molar-refractivity contribution < 1.29 is 9.53 Å². The Kier molecular flexibility index (Phi) is 8.14. The van der Waals surface area contributed by atoms with E-state index >= 15 is 0 Å². The number of carbonyl (C=O) groups excluding carboxylic acids is 1. The lowest BCUT2D eigenvalue weighted by atomic mass is 10.1. The minimum absolute atomic E-state index is 0.105. The molecule has 1 heterocycles. The molecule has 0 bridgehead atoms. The Bertz CT molecular complexity index is 1050. The van der Waals surface area contributed by atoms with E-state index in [9.17, 15) is 4.79 Å². The zero-order chi connectivity index (χ0) is 22.2. The highest BCUT2D eigenvalue weighted by molar-refractivity contribution is 7.99. The number of aryl methyl sites for hydroxylation is 2. The number of hydrogen-bond acceptors (Lipinski definition) is 5. The maximum atomic E-state index is 12.3. The molecular formula is C23H25ClN4O2S. The Hall–Kier alpha value is -2.77. The third kappa shape index (κ3) is 6.35. The SMILES string of the molecule is C=CCn1c(COc2cc(C)ccc2Cl)nnc1SCC(=O)Nc1ccc(CC)cc1. The van der Waals surface area contributed by atoms with Crippen molar-refractivity contribution in [3.05, 3.63) is 77.1 Å². The van der Waals surface area contributed by atoms with Crippen LogP contribution in [0.3, 0.4) is 0 Å². The first-order valence-electron chi connectivity index (χ1n) is 9.93. The van der Waals surface area contributed by atoms with Crippen molar-refractivity contribution in [2.24, 2.45) is 0 Å². The first-order valence-corrected chi connectivity index (χ1v) is 11.3. The normalized spacial score (nSPS) is 10.7. The van der Waals surface area contributed by atoms with Crippen LogP contribution in [0.5, 0.6) is 5.75 Å². The van der Waals surface area contributed by atoms with Gasteiger partial charge in [0.1, 0.15) is 12.4 Å². The Morgan fingerprint density at radius 3 is 2.74 bits per heavy atom. The minimum Gasteiger partial charge on any atom is -0.484 e. The van der Waals surface area contributed by atoms with Crippen LogP contribution in [-0.4, -0.2) is 26.4 Å². The van der Waals surface area contributed by atoms with E-state index in [2.05, 4.69) is 29.0 Å². The maximum Gasteiger partial charge on any atom is 0.234 e. The summed E-state index contributed by atoms with van der Waals surface area (Å²) in [6.45, 7) is 8.59. The van der Waals surface area contributed by atoms with E-state index in [-0.39, 0.29) is 18.3 Å². The summed E-state index contributed by atoms with van der Waals surface area (Å²) in [5.41, 5.74) is 3.06. The largest absolute Gasteiger partial charge is 0.484 e. The van der Waals surface area contributed by atoms with Gasteiger partial charge in [-0.15, -0.1) is 16.8 Å². The maximum absolute atomic E-state index is 12.3. The molecule has 6 nitrogen and oxygen atoms in total. The molecular weight excluding hydrogens is 432 g/mol. The topological polar surface area (TPSA) is 69.0 Å². The van der Waals surface area contributed by atoms with Crippen molar-refractivity contribution in [3.63, 3.8) is 0 Å². The first kappa shape index (κ1) is 22.9. The molecule has 8 heteroatoms. The van der Waals surface area contributed by atoms with Gasteiger partial charge in [-0.3, -0.25) is 9.36 Å². The number of allylic oxidation sites excluding steroid dienone is 1. The van der Waals surface area contributed by atoms with Gasteiger partial charge in [-0.25, -0.2) is 0 Å². The summed E-state index contributed by atoms with van der Waals surface area (Å²) < 4.78 is 7.73. The predicted molar refractivity (Wildman–Crippen MR) is 126 cm³/mol. The van der Waals surface area contributed by atoms with Gasteiger partial charge in [0.2, 0.25) is 5.91 Å². The second-order valence-electron chi connectivity index (χ2n) is 6.91. The Morgan fingerprint density at radius 1 is 1.26 bits per heavy atom. The van der Waals surface area contributed by atoms with Gasteiger partial charge in [-0.05, 0) is 48.7 Å². The van der Waals surface area contributed by atoms with Crippen molar-refractivity contribution >= 4 is 35.0 Å². The standard InChI is InChI=1S/C23H25ClN4O2S/c1-4-12-28-21(14-30-20-13-16(3)6-11-19(20)24)26-27-23(28)31-15-22(29)25-18-9-7-17(5-2)8-10-18/h4,6-11,13H,1,5,12,14-15H2,2-3H3,(H,25,29). The van der Waals surface area contributed by atoms with Crippen LogP contribution >= 0.6 is 23.4 Å². The number of hydrogen-bond donors (Lipinski definition) is 1. The fourth-order valence-corrected chi connectivity index (χ4v) is 3.80. The van der Waals surface area contributed by atoms with E-state index in [1.807, 2.05) is 47.9 Å². The van der Waals surface area contributed by atoms with Crippen molar-refractivity contribution in [1.82, 2.24) is 14.8 Å². The highest BCUT2D eigenvalue weighted by atomic mass is 35.5. The molecule has 3 rings (SSSR count). The number of nitrogens with one attached hydrogen (secondary N) is 1. The van der Waals surface area contributed by atoms with Crippen LogP contribution in [0.25, 0.3) is 0 Å². The van der Waals surface area contributed by atoms with Gasteiger partial charge in [0.25, 0.3) is 0 Å². The number of carbonyl (C=O) groups is 1. The van der Waals surface area contributed by atoms with Crippen molar-refractivity contribution in [2.75, 3.05) is 11.1 Å². The molecule has 0 spiro atoms. The average Bonchev–Trinajstić information content (AvgIpc) is 3.15. The van der Waals surface area contributed by atoms with Crippen LogP contribution < -0.4 is 10.1 Å². The number of aromatic nitrogens is 3. The van der Waals surface area contributed by atoms with Crippen LogP contribution in [0.1, 0.15) is 23.9 Å². The number of ether oxygens (including phenoxy) is 1. The number of anilines is 1. The fourth-order valence-electron chi connectivity index (χ4n) is 2.86. The number of amides is 1. The summed E-state index contributed by atoms with van der Waals surface area (Å²) in [5, 5.41) is 12.5. The molecule has 1 amide bonds. The van der Waals surface area contributed by atoms with Gasteiger partial charge in [0.15, 0.2) is 11.0 Å². The summed E-state index contributed by atoms with van der Waals surface area (Å²) >= 11 is 7.52. The van der Waals surface area contributed by atoms with Gasteiger partial charge in [0, 0.05) is 12.2 Å². The first-order chi connectivity index (χ1) is 15.0. The third-order valence-corrected chi connectivity index (χ3v) is 5.81. The van der Waals surface area contributed by atoms with E-state index < -0.39 is 0 Å². The highest BCUT2D eigenvalue weighted by Gasteiger charge is 2.15. The van der Waals surface area contributed by atoms with E-state index in [4.69, 9.17) is 16.3 Å². The molecule has 1 N–H and O–H groups in total. The van der Waals surface area contributed by atoms with Gasteiger partial charge in [-0.2, -0.15) is 0 Å². The monoisotopic (exact) mass is 456 g/mol. The molecule has 1 aromatic heterocycles. The summed E-state index contributed by atoms with van der Waals surface area (Å²) in [6.07, 6.45) is 2.72. The fraction of sp³-hybridized carbons (Fsp3) is 0.261. The minimum atomic E-state index is -0.105. The van der Waals surface area contributed by atoms with Crippen LogP contribution in [0.2, 0.25) is 5.02 Å². The summed E-state index contributed by atoms with van der Waals surface area (Å²) in [7, 11) is 0. The summed E-state index contributed by atoms with van der Waals surface area (Å²) in [4.78, 5) is 12.3. The number of halogens is 1. The van der Waals surface area contributed by atoms with Gasteiger partial charge < -0.3 is 10.1 Å². The van der Waals surface area contributed by atoms with E-state index in [0.717, 1.165) is 17.7 Å². The van der Waals surface area contributed by atoms with Gasteiger partial charge in [-0.1, -0.05) is 54.6 Å².